The van der Waals surface area contributed by atoms with Gasteiger partial charge in [0.05, 0.1) is 0 Å². The fourth-order valence-corrected chi connectivity index (χ4v) is 2.35. The third-order valence-corrected chi connectivity index (χ3v) is 3.34. The van der Waals surface area contributed by atoms with Gasteiger partial charge in [-0.15, -0.1) is 0 Å². The van der Waals surface area contributed by atoms with E-state index in [1.54, 1.807) is 0 Å². The van der Waals surface area contributed by atoms with Gasteiger partial charge in [0.1, 0.15) is 0 Å². The van der Waals surface area contributed by atoms with Crippen LogP contribution in [-0.4, -0.2) is 24.5 Å². The second-order valence-electron chi connectivity index (χ2n) is 4.49. The van der Waals surface area contributed by atoms with E-state index in [0.29, 0.717) is 6.04 Å². The minimum Gasteiger partial charge on any atom is -0.329 e. The Kier molecular flexibility index (Phi) is 3.08. The van der Waals surface area contributed by atoms with E-state index in [1.165, 1.54) is 29.7 Å². The minimum absolute atomic E-state index is 0.619. The molecule has 1 aromatic rings. The quantitative estimate of drug-likeness (QED) is 0.816. The van der Waals surface area contributed by atoms with Gasteiger partial charge in [-0.2, -0.15) is 0 Å². The molecule has 0 bridgehead atoms. The van der Waals surface area contributed by atoms with Crippen LogP contribution in [0.3, 0.4) is 0 Å². The molecule has 0 aromatic heterocycles. The second-order valence-corrected chi connectivity index (χ2v) is 4.49. The molecule has 82 valence electrons. The fraction of sp³-hybridized carbons (Fsp3) is 0.538. The van der Waals surface area contributed by atoms with E-state index in [0.717, 1.165) is 13.1 Å². The van der Waals surface area contributed by atoms with Crippen LogP contribution in [0.25, 0.3) is 0 Å². The van der Waals surface area contributed by atoms with E-state index in [4.69, 9.17) is 5.73 Å². The summed E-state index contributed by atoms with van der Waals surface area (Å²) in [5.41, 5.74) is 9.87. The molecule has 1 saturated heterocycles. The topological polar surface area (TPSA) is 29.3 Å². The molecule has 1 aromatic carbocycles. The zero-order chi connectivity index (χ0) is 10.8. The molecule has 1 atom stereocenters. The molecule has 1 heterocycles. The van der Waals surface area contributed by atoms with Crippen molar-refractivity contribution >= 4 is 0 Å². The lowest BCUT2D eigenvalue weighted by atomic mass is 9.90. The Morgan fingerprint density at radius 3 is 2.80 bits per heavy atom. The Balaban J connectivity index is 2.18. The molecule has 2 nitrogen and oxygen atoms in total. The van der Waals surface area contributed by atoms with Crippen molar-refractivity contribution in [1.82, 2.24) is 4.90 Å². The SMILES string of the molecule is Cc1ccc(C)c(C2CCN2CCN)c1. The number of benzene rings is 1. The predicted molar refractivity (Wildman–Crippen MR) is 63.9 cm³/mol. The molecule has 0 amide bonds. The molecule has 1 unspecified atom stereocenters. The van der Waals surface area contributed by atoms with Crippen LogP contribution in [-0.2, 0) is 0 Å². The highest BCUT2D eigenvalue weighted by molar-refractivity contribution is 5.34. The summed E-state index contributed by atoms with van der Waals surface area (Å²) in [6, 6.07) is 7.35. The summed E-state index contributed by atoms with van der Waals surface area (Å²) in [4.78, 5) is 2.47. The highest BCUT2D eigenvalue weighted by atomic mass is 15.2. The monoisotopic (exact) mass is 204 g/mol. The summed E-state index contributed by atoms with van der Waals surface area (Å²) in [6.45, 7) is 7.36. The lowest BCUT2D eigenvalue weighted by Crippen LogP contribution is -2.43. The summed E-state index contributed by atoms with van der Waals surface area (Å²) in [6.07, 6.45) is 1.28. The Morgan fingerprint density at radius 2 is 2.20 bits per heavy atom. The maximum absolute atomic E-state index is 5.61. The van der Waals surface area contributed by atoms with Crippen molar-refractivity contribution in [1.29, 1.82) is 0 Å². The number of aryl methyl sites for hydroxylation is 2. The van der Waals surface area contributed by atoms with Gasteiger partial charge in [0.15, 0.2) is 0 Å². The number of hydrogen-bond acceptors (Lipinski definition) is 2. The van der Waals surface area contributed by atoms with Crippen LogP contribution in [0.4, 0.5) is 0 Å². The first-order valence-corrected chi connectivity index (χ1v) is 5.73. The first kappa shape index (κ1) is 10.7. The maximum atomic E-state index is 5.61. The molecule has 1 fully saturated rings. The van der Waals surface area contributed by atoms with Crippen molar-refractivity contribution < 1.29 is 0 Å². The highest BCUT2D eigenvalue weighted by Crippen LogP contribution is 2.34. The maximum Gasteiger partial charge on any atom is 0.0363 e. The highest BCUT2D eigenvalue weighted by Gasteiger charge is 2.29. The minimum atomic E-state index is 0.619. The number of hydrogen-bond donors (Lipinski definition) is 1. The summed E-state index contributed by atoms with van der Waals surface area (Å²) in [5.74, 6) is 0. The lowest BCUT2D eigenvalue weighted by Gasteiger charge is -2.42. The summed E-state index contributed by atoms with van der Waals surface area (Å²) in [5, 5.41) is 0. The van der Waals surface area contributed by atoms with Gasteiger partial charge in [-0.1, -0.05) is 23.8 Å². The standard InChI is InChI=1S/C13H20N2/c1-10-3-4-11(2)12(9-10)13-5-7-15(13)8-6-14/h3-4,9,13H,5-8,14H2,1-2H3. The Labute approximate surface area is 92.1 Å². The Hall–Kier alpha value is -0.860. The average Bonchev–Trinajstić information content (AvgIpc) is 2.18. The smallest absolute Gasteiger partial charge is 0.0363 e. The zero-order valence-electron chi connectivity index (χ0n) is 9.66. The zero-order valence-corrected chi connectivity index (χ0v) is 9.66. The van der Waals surface area contributed by atoms with Gasteiger partial charge in [-0.3, -0.25) is 4.90 Å². The molecule has 1 aliphatic rings. The van der Waals surface area contributed by atoms with E-state index in [2.05, 4.69) is 36.9 Å². The molecular formula is C13H20N2. The van der Waals surface area contributed by atoms with Crippen LogP contribution < -0.4 is 5.73 Å². The van der Waals surface area contributed by atoms with Gasteiger partial charge in [-0.05, 0) is 31.4 Å². The van der Waals surface area contributed by atoms with Crippen LogP contribution >= 0.6 is 0 Å². The van der Waals surface area contributed by atoms with Crippen molar-refractivity contribution in [3.05, 3.63) is 34.9 Å². The molecule has 0 spiro atoms. The third-order valence-electron chi connectivity index (χ3n) is 3.34. The fourth-order valence-electron chi connectivity index (χ4n) is 2.35. The van der Waals surface area contributed by atoms with E-state index >= 15 is 0 Å². The van der Waals surface area contributed by atoms with E-state index < -0.39 is 0 Å². The van der Waals surface area contributed by atoms with E-state index in [9.17, 15) is 0 Å². The average molecular weight is 204 g/mol. The van der Waals surface area contributed by atoms with Crippen LogP contribution in [0.2, 0.25) is 0 Å². The molecule has 2 N–H and O–H groups in total. The first-order valence-electron chi connectivity index (χ1n) is 5.73. The van der Waals surface area contributed by atoms with Gasteiger partial charge in [0.2, 0.25) is 0 Å². The van der Waals surface area contributed by atoms with Gasteiger partial charge in [-0.25, -0.2) is 0 Å². The lowest BCUT2D eigenvalue weighted by molar-refractivity contribution is 0.0946. The van der Waals surface area contributed by atoms with Crippen molar-refractivity contribution in [2.24, 2.45) is 5.73 Å². The van der Waals surface area contributed by atoms with Crippen LogP contribution in [0.15, 0.2) is 18.2 Å². The second kappa shape index (κ2) is 4.33. The summed E-state index contributed by atoms with van der Waals surface area (Å²) < 4.78 is 0. The van der Waals surface area contributed by atoms with Gasteiger partial charge < -0.3 is 5.73 Å². The number of nitrogens with two attached hydrogens (primary N) is 1. The third kappa shape index (κ3) is 2.06. The molecule has 1 aliphatic heterocycles. The van der Waals surface area contributed by atoms with Gasteiger partial charge >= 0.3 is 0 Å². The normalized spacial score (nSPS) is 21.4. The van der Waals surface area contributed by atoms with Crippen LogP contribution in [0, 0.1) is 13.8 Å². The first-order chi connectivity index (χ1) is 7.22. The Bertz CT molecular complexity index is 346. The molecule has 2 heteroatoms. The van der Waals surface area contributed by atoms with Gasteiger partial charge in [0, 0.05) is 25.7 Å². The number of likely N-dealkylation sites (tertiary alicyclic amines) is 1. The molecule has 15 heavy (non-hydrogen) atoms. The van der Waals surface area contributed by atoms with Crippen molar-refractivity contribution in [3.8, 4) is 0 Å². The Morgan fingerprint density at radius 1 is 1.40 bits per heavy atom. The number of rotatable bonds is 3. The van der Waals surface area contributed by atoms with Crippen LogP contribution in [0.5, 0.6) is 0 Å². The number of nitrogens with zero attached hydrogens (tertiary/aromatic N) is 1. The van der Waals surface area contributed by atoms with Gasteiger partial charge in [0.25, 0.3) is 0 Å². The molecule has 0 radical (unpaired) electrons. The molecule has 0 saturated carbocycles. The molecule has 0 aliphatic carbocycles. The largest absolute Gasteiger partial charge is 0.329 e. The van der Waals surface area contributed by atoms with Crippen molar-refractivity contribution in [2.45, 2.75) is 26.3 Å². The van der Waals surface area contributed by atoms with Crippen molar-refractivity contribution in [3.63, 3.8) is 0 Å². The predicted octanol–water partition coefficient (Wildman–Crippen LogP) is 2.01. The summed E-state index contributed by atoms with van der Waals surface area (Å²) >= 11 is 0. The van der Waals surface area contributed by atoms with E-state index in [-0.39, 0.29) is 0 Å². The van der Waals surface area contributed by atoms with Crippen molar-refractivity contribution in [2.75, 3.05) is 19.6 Å². The summed E-state index contributed by atoms with van der Waals surface area (Å²) in [7, 11) is 0. The molecule has 2 rings (SSSR count). The van der Waals surface area contributed by atoms with Crippen LogP contribution in [0.1, 0.15) is 29.2 Å². The molecular weight excluding hydrogens is 184 g/mol. The van der Waals surface area contributed by atoms with E-state index in [1.807, 2.05) is 0 Å².